The first kappa shape index (κ1) is 15.4. The Labute approximate surface area is 147 Å². The summed E-state index contributed by atoms with van der Waals surface area (Å²) in [6.45, 7) is 0. The van der Waals surface area contributed by atoms with Crippen molar-refractivity contribution in [3.05, 3.63) is 114 Å². The van der Waals surface area contributed by atoms with Crippen molar-refractivity contribution in [1.82, 2.24) is 0 Å². The largest absolute Gasteiger partial charge is 0.353 e. The lowest BCUT2D eigenvalue weighted by molar-refractivity contribution is -0.116. The first-order valence-electron chi connectivity index (χ1n) is 8.51. The number of para-hydroxylation sites is 1. The number of rotatable bonds is 4. The Bertz CT molecular complexity index is 885. The molecule has 25 heavy (non-hydrogen) atoms. The summed E-state index contributed by atoms with van der Waals surface area (Å²) < 4.78 is 0. The molecule has 0 amide bonds. The van der Waals surface area contributed by atoms with Crippen LogP contribution in [0.25, 0.3) is 0 Å². The van der Waals surface area contributed by atoms with Gasteiger partial charge in [-0.2, -0.15) is 0 Å². The van der Waals surface area contributed by atoms with Crippen molar-refractivity contribution >= 4 is 11.5 Å². The lowest BCUT2D eigenvalue weighted by Gasteiger charge is -2.19. The van der Waals surface area contributed by atoms with Gasteiger partial charge in [0.2, 0.25) is 0 Å². The van der Waals surface area contributed by atoms with Crippen molar-refractivity contribution < 1.29 is 4.79 Å². The highest BCUT2D eigenvalue weighted by Gasteiger charge is 2.37. The molecule has 0 heterocycles. The van der Waals surface area contributed by atoms with Crippen LogP contribution in [-0.2, 0) is 4.79 Å². The molecule has 2 heteroatoms. The second kappa shape index (κ2) is 6.78. The molecule has 1 aliphatic rings. The molecule has 3 aromatic rings. The van der Waals surface area contributed by atoms with Crippen LogP contribution in [-0.4, -0.2) is 5.78 Å². The molecule has 0 saturated carbocycles. The monoisotopic (exact) mass is 325 g/mol. The van der Waals surface area contributed by atoms with Crippen LogP contribution in [0.1, 0.15) is 23.0 Å². The minimum Gasteiger partial charge on any atom is -0.353 e. The minimum absolute atomic E-state index is 0.0438. The van der Waals surface area contributed by atoms with Crippen LogP contribution in [0.4, 0.5) is 5.69 Å². The number of anilines is 1. The molecule has 0 aromatic heterocycles. The van der Waals surface area contributed by atoms with Crippen LogP contribution in [0.15, 0.2) is 103 Å². The molecular weight excluding hydrogens is 306 g/mol. The lowest BCUT2D eigenvalue weighted by Crippen LogP contribution is -2.16. The second-order valence-electron chi connectivity index (χ2n) is 6.26. The minimum atomic E-state index is -0.185. The second-order valence-corrected chi connectivity index (χ2v) is 6.26. The van der Waals surface area contributed by atoms with E-state index >= 15 is 0 Å². The van der Waals surface area contributed by atoms with Gasteiger partial charge in [-0.1, -0.05) is 78.9 Å². The van der Waals surface area contributed by atoms with Gasteiger partial charge in [0, 0.05) is 11.6 Å². The Balaban J connectivity index is 1.73. The Kier molecular flexibility index (Phi) is 4.17. The molecule has 0 spiro atoms. The Morgan fingerprint density at radius 3 is 1.76 bits per heavy atom. The number of nitrogens with one attached hydrogen (secondary N) is 1. The average molecular weight is 325 g/mol. The molecule has 0 radical (unpaired) electrons. The number of benzene rings is 3. The zero-order valence-corrected chi connectivity index (χ0v) is 13.8. The predicted molar refractivity (Wildman–Crippen MR) is 102 cm³/mol. The summed E-state index contributed by atoms with van der Waals surface area (Å²) in [6, 6.07) is 30.1. The summed E-state index contributed by atoms with van der Waals surface area (Å²) in [5, 5.41) is 3.30. The summed E-state index contributed by atoms with van der Waals surface area (Å²) in [7, 11) is 0. The lowest BCUT2D eigenvalue weighted by atomic mass is 9.83. The molecular formula is C23H19NO. The maximum atomic E-state index is 13.2. The molecule has 0 bridgehead atoms. The van der Waals surface area contributed by atoms with E-state index in [0.717, 1.165) is 16.8 Å². The summed E-state index contributed by atoms with van der Waals surface area (Å²) in [6.07, 6.45) is 2.07. The predicted octanol–water partition coefficient (Wildman–Crippen LogP) is 5.13. The number of ketones is 1. The van der Waals surface area contributed by atoms with Crippen molar-refractivity contribution in [2.75, 3.05) is 5.32 Å². The molecule has 4 rings (SSSR count). The van der Waals surface area contributed by atoms with E-state index in [0.29, 0.717) is 5.70 Å². The van der Waals surface area contributed by atoms with Crippen molar-refractivity contribution in [3.63, 3.8) is 0 Å². The van der Waals surface area contributed by atoms with E-state index in [1.807, 2.05) is 78.9 Å². The zero-order valence-electron chi connectivity index (χ0n) is 13.8. The van der Waals surface area contributed by atoms with Crippen LogP contribution < -0.4 is 5.32 Å². The number of carbonyl (C=O) groups excluding carboxylic acids is 1. The number of Topliss-reactive ketones (excluding diaryl/α,β-unsaturated/α-hetero) is 1. The normalized spacial score (nSPS) is 19.5. The van der Waals surface area contributed by atoms with Gasteiger partial charge in [-0.15, -0.1) is 0 Å². The van der Waals surface area contributed by atoms with Crippen LogP contribution in [0.5, 0.6) is 0 Å². The fraction of sp³-hybridized carbons (Fsp3) is 0.0870. The first-order valence-corrected chi connectivity index (χ1v) is 8.51. The van der Waals surface area contributed by atoms with E-state index in [9.17, 15) is 4.79 Å². The molecule has 3 aromatic carbocycles. The number of carbonyl (C=O) groups is 1. The fourth-order valence-electron chi connectivity index (χ4n) is 3.45. The summed E-state index contributed by atoms with van der Waals surface area (Å²) in [5.41, 5.74) is 3.83. The zero-order chi connectivity index (χ0) is 17.1. The van der Waals surface area contributed by atoms with Gasteiger partial charge in [-0.25, -0.2) is 0 Å². The van der Waals surface area contributed by atoms with Crippen molar-refractivity contribution in [2.24, 2.45) is 0 Å². The van der Waals surface area contributed by atoms with Gasteiger partial charge in [0.05, 0.1) is 11.6 Å². The third-order valence-electron chi connectivity index (χ3n) is 4.65. The molecule has 1 N–H and O–H groups in total. The smallest absolute Gasteiger partial charge is 0.187 e. The van der Waals surface area contributed by atoms with Crippen LogP contribution in [0, 0.1) is 0 Å². The van der Waals surface area contributed by atoms with E-state index in [1.54, 1.807) is 0 Å². The van der Waals surface area contributed by atoms with Crippen molar-refractivity contribution in [3.8, 4) is 0 Å². The van der Waals surface area contributed by atoms with E-state index in [2.05, 4.69) is 23.5 Å². The van der Waals surface area contributed by atoms with Gasteiger partial charge in [0.15, 0.2) is 5.78 Å². The number of hydrogen-bond donors (Lipinski definition) is 1. The van der Waals surface area contributed by atoms with Crippen molar-refractivity contribution in [1.29, 1.82) is 0 Å². The van der Waals surface area contributed by atoms with Crippen LogP contribution >= 0.6 is 0 Å². The average Bonchev–Trinajstić information content (AvgIpc) is 3.00. The van der Waals surface area contributed by atoms with Gasteiger partial charge in [0.1, 0.15) is 0 Å². The maximum Gasteiger partial charge on any atom is 0.187 e. The molecule has 0 unspecified atom stereocenters. The van der Waals surface area contributed by atoms with Gasteiger partial charge >= 0.3 is 0 Å². The highest BCUT2D eigenvalue weighted by atomic mass is 16.1. The van der Waals surface area contributed by atoms with E-state index < -0.39 is 0 Å². The highest BCUT2D eigenvalue weighted by molar-refractivity contribution is 6.06. The molecule has 1 aliphatic carbocycles. The van der Waals surface area contributed by atoms with Gasteiger partial charge in [-0.05, 0) is 29.3 Å². The third kappa shape index (κ3) is 3.11. The SMILES string of the molecule is O=C1C(Nc2ccccc2)=C[C@H](c2ccccc2)[C@H]1c1ccccc1. The molecule has 2 atom stereocenters. The molecule has 0 aliphatic heterocycles. The summed E-state index contributed by atoms with van der Waals surface area (Å²) >= 11 is 0. The fourth-order valence-corrected chi connectivity index (χ4v) is 3.45. The molecule has 2 nitrogen and oxygen atoms in total. The van der Waals surface area contributed by atoms with Crippen LogP contribution in [0.3, 0.4) is 0 Å². The third-order valence-corrected chi connectivity index (χ3v) is 4.65. The number of allylic oxidation sites excluding steroid dienone is 2. The topological polar surface area (TPSA) is 29.1 Å². The Hall–Kier alpha value is -3.13. The first-order chi connectivity index (χ1) is 12.3. The molecule has 0 saturated heterocycles. The molecule has 0 fully saturated rings. The van der Waals surface area contributed by atoms with Gasteiger partial charge < -0.3 is 5.32 Å². The Morgan fingerprint density at radius 2 is 1.16 bits per heavy atom. The number of hydrogen-bond acceptors (Lipinski definition) is 2. The van der Waals surface area contributed by atoms with Gasteiger partial charge in [0.25, 0.3) is 0 Å². The van der Waals surface area contributed by atoms with E-state index in [1.165, 1.54) is 0 Å². The quantitative estimate of drug-likeness (QED) is 0.720. The van der Waals surface area contributed by atoms with Crippen LogP contribution in [0.2, 0.25) is 0 Å². The standard InChI is InChI=1S/C23H19NO/c25-23-21(24-19-14-8-3-9-15-19)16-20(17-10-4-1-5-11-17)22(23)18-12-6-2-7-13-18/h1-16,20,22,24H/t20-,22-/m1/s1. The highest BCUT2D eigenvalue weighted by Crippen LogP contribution is 2.42. The maximum absolute atomic E-state index is 13.2. The summed E-state index contributed by atoms with van der Waals surface area (Å²) in [4.78, 5) is 13.2. The van der Waals surface area contributed by atoms with E-state index in [-0.39, 0.29) is 17.6 Å². The summed E-state index contributed by atoms with van der Waals surface area (Å²) in [5.74, 6) is 0.000954. The molecule has 122 valence electrons. The van der Waals surface area contributed by atoms with Gasteiger partial charge in [-0.3, -0.25) is 4.79 Å². The van der Waals surface area contributed by atoms with Crippen molar-refractivity contribution in [2.45, 2.75) is 11.8 Å². The Morgan fingerprint density at radius 1 is 0.640 bits per heavy atom. The van der Waals surface area contributed by atoms with E-state index in [4.69, 9.17) is 0 Å².